The van der Waals surface area contributed by atoms with E-state index in [1.54, 1.807) is 0 Å². The van der Waals surface area contributed by atoms with Crippen LogP contribution in [0.1, 0.15) is 57.8 Å². The van der Waals surface area contributed by atoms with Crippen molar-refractivity contribution >= 4 is 11.8 Å². The number of piperidine rings is 1. The molecule has 3 rings (SSSR count). The van der Waals surface area contributed by atoms with E-state index in [4.69, 9.17) is 4.74 Å². The van der Waals surface area contributed by atoms with Crippen molar-refractivity contribution in [2.45, 2.75) is 63.8 Å². The Balaban J connectivity index is 1.54. The van der Waals surface area contributed by atoms with Crippen LogP contribution in [0.5, 0.6) is 0 Å². The molecule has 0 aliphatic carbocycles. The first-order valence-corrected chi connectivity index (χ1v) is 9.41. The van der Waals surface area contributed by atoms with Crippen LogP contribution in [-0.2, 0) is 14.3 Å². The van der Waals surface area contributed by atoms with Gasteiger partial charge in [0.25, 0.3) is 0 Å². The molecule has 0 radical (unpaired) electrons. The van der Waals surface area contributed by atoms with E-state index in [9.17, 15) is 9.59 Å². The molecule has 2 amide bonds. The largest absolute Gasteiger partial charge is 0.381 e. The monoisotopic (exact) mass is 322 g/mol. The van der Waals surface area contributed by atoms with Crippen LogP contribution in [0.25, 0.3) is 0 Å². The number of nitrogens with zero attached hydrogens (tertiary/aromatic N) is 2. The van der Waals surface area contributed by atoms with Gasteiger partial charge in [0.1, 0.15) is 6.04 Å². The van der Waals surface area contributed by atoms with E-state index in [1.807, 2.05) is 9.80 Å². The SMILES string of the molecule is O=C(C1CCCCN1C(=O)CCC1CCCOC1)N1CCCC1. The lowest BCUT2D eigenvalue weighted by molar-refractivity contribution is -0.147. The quantitative estimate of drug-likeness (QED) is 0.797. The molecule has 3 heterocycles. The highest BCUT2D eigenvalue weighted by atomic mass is 16.5. The Kier molecular flexibility index (Phi) is 5.92. The van der Waals surface area contributed by atoms with Crippen LogP contribution in [0, 0.1) is 5.92 Å². The van der Waals surface area contributed by atoms with Crippen molar-refractivity contribution in [2.75, 3.05) is 32.8 Å². The first kappa shape index (κ1) is 16.7. The number of hydrogen-bond acceptors (Lipinski definition) is 3. The molecule has 0 aromatic rings. The second kappa shape index (κ2) is 8.13. The van der Waals surface area contributed by atoms with E-state index in [2.05, 4.69) is 0 Å². The van der Waals surface area contributed by atoms with Gasteiger partial charge >= 0.3 is 0 Å². The lowest BCUT2D eigenvalue weighted by Gasteiger charge is -2.37. The second-order valence-corrected chi connectivity index (χ2v) is 7.25. The van der Waals surface area contributed by atoms with Crippen LogP contribution in [0.15, 0.2) is 0 Å². The standard InChI is InChI=1S/C18H30N2O3/c21-17(9-8-15-6-5-13-23-14-15)20-12-2-1-7-16(20)18(22)19-10-3-4-11-19/h15-16H,1-14H2. The summed E-state index contributed by atoms with van der Waals surface area (Å²) in [6.07, 6.45) is 8.89. The highest BCUT2D eigenvalue weighted by Gasteiger charge is 2.35. The van der Waals surface area contributed by atoms with Gasteiger partial charge in [0.15, 0.2) is 0 Å². The van der Waals surface area contributed by atoms with E-state index in [0.29, 0.717) is 12.3 Å². The molecule has 5 nitrogen and oxygen atoms in total. The molecule has 0 N–H and O–H groups in total. The zero-order valence-electron chi connectivity index (χ0n) is 14.2. The molecular formula is C18H30N2O3. The number of rotatable bonds is 4. The Bertz CT molecular complexity index is 414. The highest BCUT2D eigenvalue weighted by molar-refractivity contribution is 5.88. The van der Waals surface area contributed by atoms with Crippen LogP contribution in [-0.4, -0.2) is 60.5 Å². The Labute approximate surface area is 139 Å². The van der Waals surface area contributed by atoms with Gasteiger partial charge in [-0.2, -0.15) is 0 Å². The summed E-state index contributed by atoms with van der Waals surface area (Å²) in [6.45, 7) is 4.16. The van der Waals surface area contributed by atoms with Gasteiger partial charge < -0.3 is 14.5 Å². The minimum Gasteiger partial charge on any atom is -0.381 e. The minimum absolute atomic E-state index is 0.174. The average Bonchev–Trinajstić information content (AvgIpc) is 3.14. The summed E-state index contributed by atoms with van der Waals surface area (Å²) in [4.78, 5) is 29.3. The zero-order chi connectivity index (χ0) is 16.1. The molecular weight excluding hydrogens is 292 g/mol. The Morgan fingerprint density at radius 2 is 1.74 bits per heavy atom. The molecule has 130 valence electrons. The third-order valence-electron chi connectivity index (χ3n) is 5.55. The molecule has 3 aliphatic rings. The summed E-state index contributed by atoms with van der Waals surface area (Å²) in [6, 6.07) is -0.197. The van der Waals surface area contributed by atoms with Crippen molar-refractivity contribution in [1.82, 2.24) is 9.80 Å². The number of carbonyl (C=O) groups excluding carboxylic acids is 2. The fraction of sp³-hybridized carbons (Fsp3) is 0.889. The van der Waals surface area contributed by atoms with Crippen molar-refractivity contribution in [2.24, 2.45) is 5.92 Å². The van der Waals surface area contributed by atoms with Crippen molar-refractivity contribution in [3.05, 3.63) is 0 Å². The van der Waals surface area contributed by atoms with E-state index >= 15 is 0 Å². The van der Waals surface area contributed by atoms with E-state index in [-0.39, 0.29) is 17.9 Å². The van der Waals surface area contributed by atoms with Gasteiger partial charge in [-0.25, -0.2) is 0 Å². The summed E-state index contributed by atoms with van der Waals surface area (Å²) in [5, 5.41) is 0. The molecule has 0 bridgehead atoms. The summed E-state index contributed by atoms with van der Waals surface area (Å²) < 4.78 is 5.50. The Hall–Kier alpha value is -1.10. The van der Waals surface area contributed by atoms with Gasteiger partial charge in [-0.05, 0) is 57.3 Å². The molecule has 3 aliphatic heterocycles. The highest BCUT2D eigenvalue weighted by Crippen LogP contribution is 2.24. The molecule has 0 saturated carbocycles. The average molecular weight is 322 g/mol. The smallest absolute Gasteiger partial charge is 0.245 e. The molecule has 23 heavy (non-hydrogen) atoms. The van der Waals surface area contributed by atoms with Crippen LogP contribution in [0.3, 0.4) is 0 Å². The molecule has 0 aromatic heterocycles. The summed E-state index contributed by atoms with van der Waals surface area (Å²) in [5.41, 5.74) is 0. The maximum atomic E-state index is 12.7. The predicted octanol–water partition coefficient (Wildman–Crippen LogP) is 2.20. The third-order valence-corrected chi connectivity index (χ3v) is 5.55. The fourth-order valence-corrected chi connectivity index (χ4v) is 4.14. The summed E-state index contributed by atoms with van der Waals surface area (Å²) >= 11 is 0. The van der Waals surface area contributed by atoms with Gasteiger partial charge in [-0.3, -0.25) is 9.59 Å². The maximum Gasteiger partial charge on any atom is 0.245 e. The minimum atomic E-state index is -0.197. The topological polar surface area (TPSA) is 49.9 Å². The van der Waals surface area contributed by atoms with Crippen LogP contribution in [0.2, 0.25) is 0 Å². The molecule has 0 aromatic carbocycles. The lowest BCUT2D eigenvalue weighted by atomic mass is 9.95. The molecule has 2 atom stereocenters. The predicted molar refractivity (Wildman–Crippen MR) is 87.9 cm³/mol. The van der Waals surface area contributed by atoms with Crippen molar-refractivity contribution < 1.29 is 14.3 Å². The Morgan fingerprint density at radius 3 is 2.48 bits per heavy atom. The van der Waals surface area contributed by atoms with E-state index in [1.165, 1.54) is 6.42 Å². The maximum absolute atomic E-state index is 12.7. The van der Waals surface area contributed by atoms with Crippen LogP contribution in [0.4, 0.5) is 0 Å². The van der Waals surface area contributed by atoms with E-state index < -0.39 is 0 Å². The van der Waals surface area contributed by atoms with E-state index in [0.717, 1.165) is 77.8 Å². The number of hydrogen-bond donors (Lipinski definition) is 0. The molecule has 3 saturated heterocycles. The van der Waals surface area contributed by atoms with Gasteiger partial charge in [0, 0.05) is 39.3 Å². The van der Waals surface area contributed by atoms with Crippen LogP contribution < -0.4 is 0 Å². The van der Waals surface area contributed by atoms with Crippen molar-refractivity contribution in [3.8, 4) is 0 Å². The number of amides is 2. The van der Waals surface area contributed by atoms with Gasteiger partial charge in [-0.1, -0.05) is 0 Å². The Morgan fingerprint density at radius 1 is 0.957 bits per heavy atom. The summed E-state index contributed by atoms with van der Waals surface area (Å²) in [5.74, 6) is 0.884. The van der Waals surface area contributed by atoms with Crippen molar-refractivity contribution in [3.63, 3.8) is 0 Å². The first-order chi connectivity index (χ1) is 11.3. The van der Waals surface area contributed by atoms with Crippen LogP contribution >= 0.6 is 0 Å². The fourth-order valence-electron chi connectivity index (χ4n) is 4.14. The summed E-state index contributed by atoms with van der Waals surface area (Å²) in [7, 11) is 0. The van der Waals surface area contributed by atoms with Gasteiger partial charge in [0.2, 0.25) is 11.8 Å². The molecule has 5 heteroatoms. The molecule has 3 fully saturated rings. The van der Waals surface area contributed by atoms with Gasteiger partial charge in [0.05, 0.1) is 0 Å². The number of carbonyl (C=O) groups is 2. The normalized spacial score (nSPS) is 28.9. The number of ether oxygens (including phenoxy) is 1. The van der Waals surface area contributed by atoms with Gasteiger partial charge in [-0.15, -0.1) is 0 Å². The van der Waals surface area contributed by atoms with Crippen molar-refractivity contribution in [1.29, 1.82) is 0 Å². The first-order valence-electron chi connectivity index (χ1n) is 9.41. The zero-order valence-corrected chi connectivity index (χ0v) is 14.2. The third kappa shape index (κ3) is 4.25. The molecule has 2 unspecified atom stereocenters. The molecule has 0 spiro atoms. The second-order valence-electron chi connectivity index (χ2n) is 7.25. The lowest BCUT2D eigenvalue weighted by Crippen LogP contribution is -2.52. The number of likely N-dealkylation sites (tertiary alicyclic amines) is 2.